The molecule has 0 saturated heterocycles. The zero-order valence-electron chi connectivity index (χ0n) is 23.8. The molecule has 1 saturated carbocycles. The van der Waals surface area contributed by atoms with Gasteiger partial charge in [-0.3, -0.25) is 13.9 Å². The van der Waals surface area contributed by atoms with E-state index in [2.05, 4.69) is 5.32 Å². The van der Waals surface area contributed by atoms with Crippen molar-refractivity contribution >= 4 is 38.3 Å². The van der Waals surface area contributed by atoms with E-state index in [1.165, 1.54) is 10.7 Å². The monoisotopic (exact) mass is 577 g/mol. The molecule has 3 aromatic rings. The van der Waals surface area contributed by atoms with Gasteiger partial charge < -0.3 is 15.0 Å². The summed E-state index contributed by atoms with van der Waals surface area (Å²) in [5, 5.41) is 4.81. The molecule has 1 fully saturated rings. The summed E-state index contributed by atoms with van der Waals surface area (Å²) in [6.45, 7) is 2.39. The SMILES string of the molecule is CC[C@H](C(=O)NC1CCCCC1)N(Cc1ccc(OC)cc1)C(=O)CCCN1c2cccc3cccc(c23)S1(=O)=O. The summed E-state index contributed by atoms with van der Waals surface area (Å²) < 4.78 is 33.4. The lowest BCUT2D eigenvalue weighted by atomic mass is 9.95. The lowest BCUT2D eigenvalue weighted by Crippen LogP contribution is -2.51. The maximum atomic E-state index is 13.8. The Morgan fingerprint density at radius 1 is 1.02 bits per heavy atom. The summed E-state index contributed by atoms with van der Waals surface area (Å²) in [6, 6.07) is 17.9. The number of hydrogen-bond donors (Lipinski definition) is 1. The molecule has 0 bridgehead atoms. The van der Waals surface area contributed by atoms with Crippen LogP contribution in [0.25, 0.3) is 10.8 Å². The van der Waals surface area contributed by atoms with Crippen LogP contribution in [0.1, 0.15) is 63.9 Å². The third-order valence-corrected chi connectivity index (χ3v) is 10.1. The molecule has 218 valence electrons. The topological polar surface area (TPSA) is 96.0 Å². The molecule has 2 aliphatic rings. The van der Waals surface area contributed by atoms with E-state index in [-0.39, 0.29) is 37.4 Å². The largest absolute Gasteiger partial charge is 0.497 e. The number of benzene rings is 3. The van der Waals surface area contributed by atoms with Gasteiger partial charge in [0.05, 0.1) is 17.7 Å². The Morgan fingerprint density at radius 2 is 1.73 bits per heavy atom. The van der Waals surface area contributed by atoms with Gasteiger partial charge in [-0.15, -0.1) is 0 Å². The summed E-state index contributed by atoms with van der Waals surface area (Å²) in [6.07, 6.45) is 6.28. The number of carbonyl (C=O) groups is 2. The summed E-state index contributed by atoms with van der Waals surface area (Å²) in [4.78, 5) is 29.2. The first-order chi connectivity index (χ1) is 19.8. The molecule has 9 heteroatoms. The van der Waals surface area contributed by atoms with Crippen molar-refractivity contribution in [2.45, 2.75) is 81.8 Å². The van der Waals surface area contributed by atoms with Gasteiger partial charge in [0.15, 0.2) is 0 Å². The van der Waals surface area contributed by atoms with Gasteiger partial charge >= 0.3 is 0 Å². The second-order valence-corrected chi connectivity index (χ2v) is 12.8. The van der Waals surface area contributed by atoms with Crippen molar-refractivity contribution in [1.82, 2.24) is 10.2 Å². The van der Waals surface area contributed by atoms with E-state index in [0.717, 1.165) is 47.8 Å². The number of anilines is 1. The van der Waals surface area contributed by atoms with E-state index in [0.29, 0.717) is 23.4 Å². The van der Waals surface area contributed by atoms with E-state index in [9.17, 15) is 18.0 Å². The predicted octanol–water partition coefficient (Wildman–Crippen LogP) is 5.39. The van der Waals surface area contributed by atoms with E-state index >= 15 is 0 Å². The maximum Gasteiger partial charge on any atom is 0.265 e. The molecule has 1 N–H and O–H groups in total. The van der Waals surface area contributed by atoms with Crippen molar-refractivity contribution < 1.29 is 22.7 Å². The number of nitrogens with one attached hydrogen (secondary N) is 1. The van der Waals surface area contributed by atoms with Crippen LogP contribution in [-0.2, 0) is 26.2 Å². The molecule has 0 spiro atoms. The quantitative estimate of drug-likeness (QED) is 0.330. The molecule has 1 atom stereocenters. The van der Waals surface area contributed by atoms with Crippen LogP contribution < -0.4 is 14.4 Å². The third kappa shape index (κ3) is 6.05. The molecule has 1 aliphatic heterocycles. The number of sulfonamides is 1. The molecule has 41 heavy (non-hydrogen) atoms. The number of ether oxygens (including phenoxy) is 1. The number of hydrogen-bond acceptors (Lipinski definition) is 5. The van der Waals surface area contributed by atoms with E-state index in [4.69, 9.17) is 4.74 Å². The Hall–Kier alpha value is -3.59. The Morgan fingerprint density at radius 3 is 2.41 bits per heavy atom. The summed E-state index contributed by atoms with van der Waals surface area (Å²) in [5.41, 5.74) is 1.55. The molecule has 5 rings (SSSR count). The number of rotatable bonds is 11. The fraction of sp³-hybridized carbons (Fsp3) is 0.438. The van der Waals surface area contributed by atoms with Crippen molar-refractivity contribution in [2.24, 2.45) is 0 Å². The van der Waals surface area contributed by atoms with E-state index in [1.54, 1.807) is 24.1 Å². The fourth-order valence-electron chi connectivity index (χ4n) is 6.11. The second-order valence-electron chi connectivity index (χ2n) is 10.9. The van der Waals surface area contributed by atoms with Crippen molar-refractivity contribution in [3.63, 3.8) is 0 Å². The normalized spacial score (nSPS) is 16.9. The minimum Gasteiger partial charge on any atom is -0.497 e. The van der Waals surface area contributed by atoms with Crippen LogP contribution in [0.2, 0.25) is 0 Å². The molecule has 8 nitrogen and oxygen atoms in total. The van der Waals surface area contributed by atoms with Crippen molar-refractivity contribution in [3.8, 4) is 5.75 Å². The van der Waals surface area contributed by atoms with Crippen molar-refractivity contribution in [3.05, 3.63) is 66.2 Å². The lowest BCUT2D eigenvalue weighted by molar-refractivity contribution is -0.141. The van der Waals surface area contributed by atoms with E-state index in [1.807, 2.05) is 55.5 Å². The molecular weight excluding hydrogens is 538 g/mol. The van der Waals surface area contributed by atoms with Gasteiger partial charge in [0, 0.05) is 30.9 Å². The van der Waals surface area contributed by atoms with Crippen LogP contribution in [0.4, 0.5) is 5.69 Å². The summed E-state index contributed by atoms with van der Waals surface area (Å²) >= 11 is 0. The first-order valence-corrected chi connectivity index (χ1v) is 16.0. The molecule has 1 aliphatic carbocycles. The zero-order valence-corrected chi connectivity index (χ0v) is 24.7. The molecule has 0 radical (unpaired) electrons. The van der Waals surface area contributed by atoms with Gasteiger partial charge in [0.1, 0.15) is 11.8 Å². The van der Waals surface area contributed by atoms with Gasteiger partial charge in [-0.2, -0.15) is 0 Å². The summed E-state index contributed by atoms with van der Waals surface area (Å²) in [7, 11) is -2.09. The predicted molar refractivity (Wildman–Crippen MR) is 160 cm³/mol. The average molecular weight is 578 g/mol. The molecule has 1 heterocycles. The highest BCUT2D eigenvalue weighted by Gasteiger charge is 2.36. The van der Waals surface area contributed by atoms with Crippen LogP contribution in [-0.4, -0.2) is 50.9 Å². The van der Waals surface area contributed by atoms with Gasteiger partial charge in [-0.05, 0) is 60.9 Å². The van der Waals surface area contributed by atoms with Crippen LogP contribution >= 0.6 is 0 Å². The van der Waals surface area contributed by atoms with Crippen molar-refractivity contribution in [2.75, 3.05) is 18.0 Å². The van der Waals surface area contributed by atoms with Crippen molar-refractivity contribution in [1.29, 1.82) is 0 Å². The number of nitrogens with zero attached hydrogens (tertiary/aromatic N) is 2. The Labute approximate surface area is 242 Å². The van der Waals surface area contributed by atoms with Gasteiger partial charge in [-0.1, -0.05) is 62.6 Å². The molecule has 2 amide bonds. The highest BCUT2D eigenvalue weighted by molar-refractivity contribution is 7.93. The fourth-order valence-corrected chi connectivity index (χ4v) is 7.86. The highest BCUT2D eigenvalue weighted by Crippen LogP contribution is 2.42. The Kier molecular flexibility index (Phi) is 8.82. The highest BCUT2D eigenvalue weighted by atomic mass is 32.2. The van der Waals surface area contributed by atoms with Crippen LogP contribution in [0.15, 0.2) is 65.6 Å². The molecule has 0 unspecified atom stereocenters. The standard InChI is InChI=1S/C32H39N3O5S/c1-3-27(32(37)33-25-12-5-4-6-13-25)34(22-23-17-19-26(40-2)20-18-23)30(36)16-9-21-35-28-14-7-10-24-11-8-15-29(31(24)28)41(35,38)39/h7-8,10-11,14-15,17-20,25,27H,3-6,9,12-13,16,21-22H2,1-2H3,(H,33,37)/t27-/m1/s1. The number of amides is 2. The van der Waals surface area contributed by atoms with Gasteiger partial charge in [-0.25, -0.2) is 8.42 Å². The van der Waals surface area contributed by atoms with Gasteiger partial charge in [0.2, 0.25) is 11.8 Å². The number of carbonyl (C=O) groups excluding carboxylic acids is 2. The first-order valence-electron chi connectivity index (χ1n) is 14.6. The average Bonchev–Trinajstić information content (AvgIpc) is 3.21. The Balaban J connectivity index is 1.32. The second kappa shape index (κ2) is 12.5. The third-order valence-electron chi connectivity index (χ3n) is 8.28. The van der Waals surface area contributed by atoms with Gasteiger partial charge in [0.25, 0.3) is 10.0 Å². The zero-order chi connectivity index (χ0) is 29.0. The number of methoxy groups -OCH3 is 1. The summed E-state index contributed by atoms with van der Waals surface area (Å²) in [5.74, 6) is 0.431. The molecular formula is C32H39N3O5S. The smallest absolute Gasteiger partial charge is 0.265 e. The minimum absolute atomic E-state index is 0.120. The van der Waals surface area contributed by atoms with Crippen LogP contribution in [0.3, 0.4) is 0 Å². The molecule has 3 aromatic carbocycles. The molecule has 0 aromatic heterocycles. The minimum atomic E-state index is -3.69. The first kappa shape index (κ1) is 28.9. The lowest BCUT2D eigenvalue weighted by Gasteiger charge is -2.33. The maximum absolute atomic E-state index is 13.8. The Bertz CT molecular complexity index is 1490. The van der Waals surface area contributed by atoms with Crippen LogP contribution in [0, 0.1) is 0 Å². The van der Waals surface area contributed by atoms with E-state index < -0.39 is 16.1 Å². The van der Waals surface area contributed by atoms with Crippen LogP contribution in [0.5, 0.6) is 5.75 Å².